The van der Waals surface area contributed by atoms with Gasteiger partial charge in [0.2, 0.25) is 0 Å². The molecule has 0 saturated carbocycles. The second kappa shape index (κ2) is 3.58. The Morgan fingerprint density at radius 2 is 2.60 bits per heavy atom. The Morgan fingerprint density at radius 3 is 3.10 bits per heavy atom. The topological polar surface area (TPSA) is 38.8 Å². The summed E-state index contributed by atoms with van der Waals surface area (Å²) in [6.45, 7) is 1.03. The SMILES string of the molecule is O=C(C=CCl)OCC1CO1. The van der Waals surface area contributed by atoms with Crippen molar-refractivity contribution in [2.75, 3.05) is 13.2 Å². The van der Waals surface area contributed by atoms with E-state index in [2.05, 4.69) is 4.74 Å². The molecule has 56 valence electrons. The van der Waals surface area contributed by atoms with Crippen LogP contribution >= 0.6 is 11.6 Å². The molecule has 1 aliphatic heterocycles. The number of rotatable bonds is 3. The van der Waals surface area contributed by atoms with Gasteiger partial charge in [-0.2, -0.15) is 0 Å². The number of halogens is 1. The second-order valence-corrected chi connectivity index (χ2v) is 2.13. The lowest BCUT2D eigenvalue weighted by Crippen LogP contribution is -2.06. The molecule has 0 bridgehead atoms. The van der Waals surface area contributed by atoms with Gasteiger partial charge in [-0.15, -0.1) is 0 Å². The molecule has 0 aliphatic carbocycles. The fourth-order valence-electron chi connectivity index (χ4n) is 0.439. The molecule has 1 saturated heterocycles. The second-order valence-electron chi connectivity index (χ2n) is 1.88. The summed E-state index contributed by atoms with van der Waals surface area (Å²) in [7, 11) is 0. The predicted octanol–water partition coefficient (Wildman–Crippen LogP) is 0.681. The van der Waals surface area contributed by atoms with Crippen LogP contribution in [0.5, 0.6) is 0 Å². The summed E-state index contributed by atoms with van der Waals surface area (Å²) in [6, 6.07) is 0. The Kier molecular flexibility index (Phi) is 2.71. The van der Waals surface area contributed by atoms with Crippen molar-refractivity contribution < 1.29 is 14.3 Å². The Morgan fingerprint density at radius 1 is 1.90 bits per heavy atom. The van der Waals surface area contributed by atoms with Crippen molar-refractivity contribution in [2.45, 2.75) is 6.10 Å². The number of hydrogen-bond donors (Lipinski definition) is 0. The van der Waals surface area contributed by atoms with Gasteiger partial charge in [-0.1, -0.05) is 11.6 Å². The van der Waals surface area contributed by atoms with E-state index in [1.54, 1.807) is 0 Å². The van der Waals surface area contributed by atoms with E-state index in [-0.39, 0.29) is 6.10 Å². The Bertz CT molecular complexity index is 151. The molecule has 1 fully saturated rings. The van der Waals surface area contributed by atoms with Crippen LogP contribution in [0.15, 0.2) is 11.6 Å². The van der Waals surface area contributed by atoms with Crippen LogP contribution in [-0.2, 0) is 14.3 Å². The maximum Gasteiger partial charge on any atom is 0.331 e. The lowest BCUT2D eigenvalue weighted by molar-refractivity contribution is -0.138. The standard InChI is InChI=1S/C6H7ClO3/c7-2-1-6(8)10-4-5-3-9-5/h1-2,5H,3-4H2. The van der Waals surface area contributed by atoms with Crippen LogP contribution in [0.2, 0.25) is 0 Å². The number of epoxide rings is 1. The highest BCUT2D eigenvalue weighted by molar-refractivity contribution is 6.26. The quantitative estimate of drug-likeness (QED) is 0.348. The lowest BCUT2D eigenvalue weighted by Gasteiger charge is -1.95. The van der Waals surface area contributed by atoms with Gasteiger partial charge < -0.3 is 9.47 Å². The monoisotopic (exact) mass is 162 g/mol. The van der Waals surface area contributed by atoms with Crippen LogP contribution in [-0.4, -0.2) is 25.3 Å². The highest BCUT2D eigenvalue weighted by Crippen LogP contribution is 2.08. The predicted molar refractivity (Wildman–Crippen MR) is 35.7 cm³/mol. The molecular formula is C6H7ClO3. The van der Waals surface area contributed by atoms with Gasteiger partial charge in [-0.3, -0.25) is 0 Å². The fraction of sp³-hybridized carbons (Fsp3) is 0.500. The van der Waals surface area contributed by atoms with Crippen LogP contribution < -0.4 is 0 Å². The van der Waals surface area contributed by atoms with E-state index in [4.69, 9.17) is 16.3 Å². The molecule has 0 aromatic rings. The van der Waals surface area contributed by atoms with E-state index in [0.29, 0.717) is 13.2 Å². The van der Waals surface area contributed by atoms with Crippen molar-refractivity contribution >= 4 is 17.6 Å². The zero-order valence-electron chi connectivity index (χ0n) is 5.25. The molecule has 1 aliphatic rings. The maximum absolute atomic E-state index is 10.5. The molecule has 1 rings (SSSR count). The number of esters is 1. The minimum absolute atomic E-state index is 0.118. The van der Waals surface area contributed by atoms with Crippen LogP contribution in [0.4, 0.5) is 0 Å². The van der Waals surface area contributed by atoms with Crippen LogP contribution in [0.3, 0.4) is 0 Å². The maximum atomic E-state index is 10.5. The number of ether oxygens (including phenoxy) is 2. The number of carbonyl (C=O) groups is 1. The molecule has 0 spiro atoms. The highest BCUT2D eigenvalue weighted by atomic mass is 35.5. The fourth-order valence-corrected chi connectivity index (χ4v) is 0.542. The van der Waals surface area contributed by atoms with Gasteiger partial charge in [0.05, 0.1) is 6.61 Å². The van der Waals surface area contributed by atoms with Gasteiger partial charge in [-0.05, 0) is 0 Å². The van der Waals surface area contributed by atoms with Gasteiger partial charge in [0.1, 0.15) is 12.7 Å². The molecule has 0 aromatic heterocycles. The van der Waals surface area contributed by atoms with E-state index in [1.807, 2.05) is 0 Å². The molecular weight excluding hydrogens is 156 g/mol. The molecule has 3 nitrogen and oxygen atoms in total. The zero-order chi connectivity index (χ0) is 7.40. The van der Waals surface area contributed by atoms with E-state index in [9.17, 15) is 4.79 Å². The molecule has 1 atom stereocenters. The van der Waals surface area contributed by atoms with Crippen LogP contribution in [0, 0.1) is 0 Å². The Hall–Kier alpha value is -0.540. The molecule has 4 heteroatoms. The normalized spacial score (nSPS) is 23.1. The first-order valence-electron chi connectivity index (χ1n) is 2.88. The van der Waals surface area contributed by atoms with Crippen molar-refractivity contribution in [1.29, 1.82) is 0 Å². The first-order chi connectivity index (χ1) is 4.83. The van der Waals surface area contributed by atoms with Crippen molar-refractivity contribution in [2.24, 2.45) is 0 Å². The van der Waals surface area contributed by atoms with Gasteiger partial charge in [0.15, 0.2) is 0 Å². The molecule has 1 unspecified atom stereocenters. The molecule has 0 N–H and O–H groups in total. The summed E-state index contributed by atoms with van der Waals surface area (Å²) in [5.74, 6) is -0.425. The largest absolute Gasteiger partial charge is 0.460 e. The summed E-state index contributed by atoms with van der Waals surface area (Å²) in [5.41, 5.74) is 1.12. The summed E-state index contributed by atoms with van der Waals surface area (Å²) in [6.07, 6.45) is 1.27. The summed E-state index contributed by atoms with van der Waals surface area (Å²) in [5, 5.41) is 0. The van der Waals surface area contributed by atoms with E-state index in [0.717, 1.165) is 11.6 Å². The van der Waals surface area contributed by atoms with Crippen LogP contribution in [0.1, 0.15) is 0 Å². The van der Waals surface area contributed by atoms with Crippen molar-refractivity contribution in [1.82, 2.24) is 0 Å². The molecule has 0 radical (unpaired) electrons. The average Bonchev–Trinajstić information content (AvgIpc) is 2.67. The minimum atomic E-state index is -0.425. The third-order valence-electron chi connectivity index (χ3n) is 1.01. The smallest absolute Gasteiger partial charge is 0.331 e. The van der Waals surface area contributed by atoms with Gasteiger partial charge >= 0.3 is 5.97 Å². The third-order valence-corrected chi connectivity index (χ3v) is 1.14. The molecule has 0 amide bonds. The first-order valence-corrected chi connectivity index (χ1v) is 3.31. The van der Waals surface area contributed by atoms with Gasteiger partial charge in [-0.25, -0.2) is 4.79 Å². The van der Waals surface area contributed by atoms with E-state index < -0.39 is 5.97 Å². The van der Waals surface area contributed by atoms with Crippen molar-refractivity contribution in [3.8, 4) is 0 Å². The third kappa shape index (κ3) is 2.85. The Labute approximate surface area is 63.6 Å². The minimum Gasteiger partial charge on any atom is -0.460 e. The number of carbonyl (C=O) groups excluding carboxylic acids is 1. The first kappa shape index (κ1) is 7.57. The number of hydrogen-bond acceptors (Lipinski definition) is 3. The van der Waals surface area contributed by atoms with Crippen molar-refractivity contribution in [3.63, 3.8) is 0 Å². The summed E-state index contributed by atoms with van der Waals surface area (Å²) >= 11 is 5.11. The molecule has 10 heavy (non-hydrogen) atoms. The average molecular weight is 163 g/mol. The lowest BCUT2D eigenvalue weighted by atomic mass is 10.5. The summed E-state index contributed by atoms with van der Waals surface area (Å²) < 4.78 is 9.47. The van der Waals surface area contributed by atoms with Crippen molar-refractivity contribution in [3.05, 3.63) is 11.6 Å². The molecule has 1 heterocycles. The van der Waals surface area contributed by atoms with Gasteiger partial charge in [0, 0.05) is 11.6 Å². The van der Waals surface area contributed by atoms with E-state index in [1.165, 1.54) is 0 Å². The van der Waals surface area contributed by atoms with Crippen LogP contribution in [0.25, 0.3) is 0 Å². The van der Waals surface area contributed by atoms with Gasteiger partial charge in [0.25, 0.3) is 0 Å². The zero-order valence-corrected chi connectivity index (χ0v) is 6.00. The molecule has 0 aromatic carbocycles. The highest BCUT2D eigenvalue weighted by Gasteiger charge is 2.23. The summed E-state index contributed by atoms with van der Waals surface area (Å²) in [4.78, 5) is 10.5. The Balaban J connectivity index is 2.05. The van der Waals surface area contributed by atoms with E-state index >= 15 is 0 Å².